The number of rotatable bonds is 1. The second-order valence-electron chi connectivity index (χ2n) is 2.87. The number of hydrogen-bond acceptors (Lipinski definition) is 2. The van der Waals surface area contributed by atoms with Gasteiger partial charge in [-0.2, -0.15) is 5.10 Å². The molecule has 1 rings (SSSR count). The molecule has 0 aromatic carbocycles. The summed E-state index contributed by atoms with van der Waals surface area (Å²) in [5, 5.41) is 10.8. The van der Waals surface area contributed by atoms with E-state index in [1.807, 2.05) is 25.6 Å². The Labute approximate surface area is 83.3 Å². The third kappa shape index (κ3) is 1.98. The standard InChI is InChI=1S/C8H14N4S/c1-5-7(10-8(13)9-3)6(2)12(4)11-5/h1-4H3,(H2,9,10,13). The van der Waals surface area contributed by atoms with E-state index in [-0.39, 0.29) is 0 Å². The van der Waals surface area contributed by atoms with Crippen molar-refractivity contribution >= 4 is 23.0 Å². The van der Waals surface area contributed by atoms with E-state index in [1.165, 1.54) is 0 Å². The molecule has 0 aliphatic heterocycles. The molecule has 1 aromatic heterocycles. The van der Waals surface area contributed by atoms with Crippen LogP contribution in [0.1, 0.15) is 11.4 Å². The number of aryl methyl sites for hydroxylation is 2. The fourth-order valence-corrected chi connectivity index (χ4v) is 1.23. The van der Waals surface area contributed by atoms with Crippen molar-refractivity contribution in [3.63, 3.8) is 0 Å². The maximum Gasteiger partial charge on any atom is 0.170 e. The highest BCUT2D eigenvalue weighted by Crippen LogP contribution is 2.17. The number of nitrogens with one attached hydrogen (secondary N) is 2. The van der Waals surface area contributed by atoms with Crippen molar-refractivity contribution in [2.45, 2.75) is 13.8 Å². The molecule has 0 spiro atoms. The fraction of sp³-hybridized carbons (Fsp3) is 0.500. The van der Waals surface area contributed by atoms with Crippen LogP contribution < -0.4 is 10.6 Å². The summed E-state index contributed by atoms with van der Waals surface area (Å²) < 4.78 is 1.83. The summed E-state index contributed by atoms with van der Waals surface area (Å²) in [6.45, 7) is 3.95. The predicted molar refractivity (Wildman–Crippen MR) is 58.0 cm³/mol. The van der Waals surface area contributed by atoms with E-state index in [0.29, 0.717) is 5.11 Å². The minimum absolute atomic E-state index is 0.610. The summed E-state index contributed by atoms with van der Waals surface area (Å²) in [6, 6.07) is 0. The van der Waals surface area contributed by atoms with Crippen molar-refractivity contribution in [3.8, 4) is 0 Å². The first kappa shape index (κ1) is 9.98. The molecular formula is C8H14N4S. The molecule has 0 saturated heterocycles. The van der Waals surface area contributed by atoms with Crippen LogP contribution in [-0.4, -0.2) is 21.9 Å². The van der Waals surface area contributed by atoms with Crippen LogP contribution in [-0.2, 0) is 7.05 Å². The van der Waals surface area contributed by atoms with E-state index in [4.69, 9.17) is 12.2 Å². The number of thiocarbonyl (C=S) groups is 1. The van der Waals surface area contributed by atoms with Gasteiger partial charge >= 0.3 is 0 Å². The average molecular weight is 198 g/mol. The Hall–Kier alpha value is -1.10. The van der Waals surface area contributed by atoms with E-state index in [0.717, 1.165) is 17.1 Å². The van der Waals surface area contributed by atoms with Crippen LogP contribution in [0.5, 0.6) is 0 Å². The summed E-state index contributed by atoms with van der Waals surface area (Å²) in [7, 11) is 3.70. The van der Waals surface area contributed by atoms with Gasteiger partial charge in [-0.3, -0.25) is 4.68 Å². The lowest BCUT2D eigenvalue weighted by Gasteiger charge is -2.06. The second kappa shape index (κ2) is 3.74. The Balaban J connectivity index is 2.94. The van der Waals surface area contributed by atoms with Gasteiger partial charge < -0.3 is 10.6 Å². The van der Waals surface area contributed by atoms with E-state index >= 15 is 0 Å². The highest BCUT2D eigenvalue weighted by molar-refractivity contribution is 7.80. The Morgan fingerprint density at radius 2 is 2.08 bits per heavy atom. The van der Waals surface area contributed by atoms with Gasteiger partial charge in [0.05, 0.1) is 17.1 Å². The second-order valence-corrected chi connectivity index (χ2v) is 3.28. The Kier molecular flexibility index (Phi) is 2.87. The molecule has 0 aliphatic carbocycles. The minimum Gasteiger partial charge on any atom is -0.366 e. The lowest BCUT2D eigenvalue weighted by Crippen LogP contribution is -2.24. The van der Waals surface area contributed by atoms with Crippen molar-refractivity contribution in [2.75, 3.05) is 12.4 Å². The van der Waals surface area contributed by atoms with Crippen molar-refractivity contribution in [2.24, 2.45) is 7.05 Å². The molecule has 0 radical (unpaired) electrons. The zero-order chi connectivity index (χ0) is 10.0. The summed E-state index contributed by atoms with van der Waals surface area (Å²) in [5.74, 6) is 0. The first-order valence-corrected chi connectivity index (χ1v) is 4.46. The molecule has 0 amide bonds. The summed E-state index contributed by atoms with van der Waals surface area (Å²) >= 11 is 5.01. The van der Waals surface area contributed by atoms with Crippen LogP contribution in [0.4, 0.5) is 5.69 Å². The van der Waals surface area contributed by atoms with Gasteiger partial charge in [-0.1, -0.05) is 0 Å². The van der Waals surface area contributed by atoms with Gasteiger partial charge in [-0.25, -0.2) is 0 Å². The third-order valence-corrected chi connectivity index (χ3v) is 2.28. The van der Waals surface area contributed by atoms with E-state index in [9.17, 15) is 0 Å². The lowest BCUT2D eigenvalue weighted by molar-refractivity contribution is 0.731. The topological polar surface area (TPSA) is 41.9 Å². The molecule has 4 nitrogen and oxygen atoms in total. The van der Waals surface area contributed by atoms with Crippen LogP contribution in [0.2, 0.25) is 0 Å². The van der Waals surface area contributed by atoms with Crippen LogP contribution in [0.15, 0.2) is 0 Å². The molecule has 0 saturated carbocycles. The quantitative estimate of drug-likeness (QED) is 0.659. The third-order valence-electron chi connectivity index (χ3n) is 1.97. The first-order chi connectivity index (χ1) is 6.06. The van der Waals surface area contributed by atoms with Crippen LogP contribution in [0.25, 0.3) is 0 Å². The van der Waals surface area contributed by atoms with Gasteiger partial charge in [0.15, 0.2) is 5.11 Å². The number of anilines is 1. The van der Waals surface area contributed by atoms with Crippen molar-refractivity contribution in [1.29, 1.82) is 0 Å². The number of aromatic nitrogens is 2. The van der Waals surface area contributed by atoms with E-state index in [2.05, 4.69) is 15.7 Å². The predicted octanol–water partition coefficient (Wildman–Crippen LogP) is 0.953. The molecule has 13 heavy (non-hydrogen) atoms. The SMILES string of the molecule is CNC(=S)Nc1c(C)nn(C)c1C. The lowest BCUT2D eigenvalue weighted by atomic mass is 10.3. The average Bonchev–Trinajstić information content (AvgIpc) is 2.32. The molecule has 1 heterocycles. The van der Waals surface area contributed by atoms with E-state index in [1.54, 1.807) is 7.05 Å². The highest BCUT2D eigenvalue weighted by Gasteiger charge is 2.09. The largest absolute Gasteiger partial charge is 0.366 e. The zero-order valence-electron chi connectivity index (χ0n) is 8.30. The van der Waals surface area contributed by atoms with Gasteiger partial charge in [0, 0.05) is 14.1 Å². The van der Waals surface area contributed by atoms with Gasteiger partial charge in [-0.15, -0.1) is 0 Å². The van der Waals surface area contributed by atoms with Crippen LogP contribution in [0.3, 0.4) is 0 Å². The number of hydrogen-bond donors (Lipinski definition) is 2. The maximum atomic E-state index is 5.01. The summed E-state index contributed by atoms with van der Waals surface area (Å²) in [6.07, 6.45) is 0. The molecule has 0 aliphatic rings. The van der Waals surface area contributed by atoms with Gasteiger partial charge in [0.25, 0.3) is 0 Å². The van der Waals surface area contributed by atoms with Crippen LogP contribution >= 0.6 is 12.2 Å². The smallest absolute Gasteiger partial charge is 0.170 e. The Bertz CT molecular complexity index is 329. The van der Waals surface area contributed by atoms with Gasteiger partial charge in [-0.05, 0) is 26.1 Å². The molecule has 0 bridgehead atoms. The molecular weight excluding hydrogens is 184 g/mol. The van der Waals surface area contributed by atoms with Gasteiger partial charge in [0.1, 0.15) is 0 Å². The van der Waals surface area contributed by atoms with Gasteiger partial charge in [0.2, 0.25) is 0 Å². The maximum absolute atomic E-state index is 5.01. The molecule has 0 atom stereocenters. The number of nitrogens with zero attached hydrogens (tertiary/aromatic N) is 2. The molecule has 1 aromatic rings. The highest BCUT2D eigenvalue weighted by atomic mass is 32.1. The fourth-order valence-electron chi connectivity index (χ4n) is 1.13. The molecule has 0 fully saturated rings. The molecule has 2 N–H and O–H groups in total. The van der Waals surface area contributed by atoms with Crippen LogP contribution in [0, 0.1) is 13.8 Å². The monoisotopic (exact) mass is 198 g/mol. The molecule has 0 unspecified atom stereocenters. The van der Waals surface area contributed by atoms with E-state index < -0.39 is 0 Å². The normalized spacial score (nSPS) is 9.85. The zero-order valence-corrected chi connectivity index (χ0v) is 9.12. The summed E-state index contributed by atoms with van der Waals surface area (Å²) in [5.41, 5.74) is 3.02. The first-order valence-electron chi connectivity index (χ1n) is 4.05. The molecule has 5 heteroatoms. The molecule has 72 valence electrons. The minimum atomic E-state index is 0.610. The van der Waals surface area contributed by atoms with Crippen molar-refractivity contribution < 1.29 is 0 Å². The van der Waals surface area contributed by atoms with Crippen molar-refractivity contribution in [3.05, 3.63) is 11.4 Å². The summed E-state index contributed by atoms with van der Waals surface area (Å²) in [4.78, 5) is 0. The van der Waals surface area contributed by atoms with Crippen molar-refractivity contribution in [1.82, 2.24) is 15.1 Å². The Morgan fingerprint density at radius 3 is 2.46 bits per heavy atom. The Morgan fingerprint density at radius 1 is 1.46 bits per heavy atom.